The van der Waals surface area contributed by atoms with Gasteiger partial charge in [0.05, 0.1) is 12.1 Å². The van der Waals surface area contributed by atoms with Crippen LogP contribution in [0.5, 0.6) is 0 Å². The minimum atomic E-state index is -0.511. The van der Waals surface area contributed by atoms with Gasteiger partial charge in [0, 0.05) is 6.54 Å². The van der Waals surface area contributed by atoms with Gasteiger partial charge in [-0.15, -0.1) is 12.4 Å². The molecule has 0 radical (unpaired) electrons. The molecule has 1 aromatic carbocycles. The Kier molecular flexibility index (Phi) is 6.84. The van der Waals surface area contributed by atoms with Crippen molar-refractivity contribution in [3.8, 4) is 0 Å². The molecule has 1 saturated heterocycles. The predicted molar refractivity (Wildman–Crippen MR) is 77.3 cm³/mol. The third-order valence-corrected chi connectivity index (χ3v) is 3.28. The number of rotatable bonds is 5. The van der Waals surface area contributed by atoms with Crippen LogP contribution >= 0.6 is 12.4 Å². The maximum Gasteiger partial charge on any atom is 0.237 e. The summed E-state index contributed by atoms with van der Waals surface area (Å²) in [7, 11) is 0. The summed E-state index contributed by atoms with van der Waals surface area (Å²) in [4.78, 5) is 11.7. The van der Waals surface area contributed by atoms with Gasteiger partial charge in [-0.3, -0.25) is 4.79 Å². The van der Waals surface area contributed by atoms with Crippen LogP contribution in [0.3, 0.4) is 0 Å². The van der Waals surface area contributed by atoms with E-state index in [-0.39, 0.29) is 24.4 Å². The van der Waals surface area contributed by atoms with Gasteiger partial charge >= 0.3 is 0 Å². The molecular formula is C14H21ClN2O2. The lowest BCUT2D eigenvalue weighted by atomic mass is 10.1. The second kappa shape index (κ2) is 8.15. The van der Waals surface area contributed by atoms with E-state index in [1.807, 2.05) is 30.3 Å². The fraction of sp³-hybridized carbons (Fsp3) is 0.500. The van der Waals surface area contributed by atoms with E-state index in [0.717, 1.165) is 24.9 Å². The Hall–Kier alpha value is -1.10. The van der Waals surface area contributed by atoms with E-state index in [1.54, 1.807) is 0 Å². The fourth-order valence-electron chi connectivity index (χ4n) is 2.21. The van der Waals surface area contributed by atoms with Crippen LogP contribution in [-0.4, -0.2) is 30.1 Å². The Labute approximate surface area is 120 Å². The van der Waals surface area contributed by atoms with Crippen molar-refractivity contribution in [2.45, 2.75) is 31.4 Å². The molecule has 5 heteroatoms. The van der Waals surface area contributed by atoms with Gasteiger partial charge in [0.2, 0.25) is 5.91 Å². The third-order valence-electron chi connectivity index (χ3n) is 3.28. The molecule has 0 saturated carbocycles. The van der Waals surface area contributed by atoms with Gasteiger partial charge in [-0.05, 0) is 31.4 Å². The maximum absolute atomic E-state index is 11.7. The van der Waals surface area contributed by atoms with Crippen molar-refractivity contribution in [2.75, 3.05) is 13.1 Å². The van der Waals surface area contributed by atoms with Crippen LogP contribution in [0.25, 0.3) is 0 Å². The minimum Gasteiger partial charge on any atom is -0.388 e. The number of halogens is 1. The average molecular weight is 285 g/mol. The van der Waals surface area contributed by atoms with Gasteiger partial charge in [0.15, 0.2) is 0 Å². The lowest BCUT2D eigenvalue weighted by Crippen LogP contribution is -2.40. The van der Waals surface area contributed by atoms with Crippen molar-refractivity contribution < 1.29 is 9.90 Å². The molecule has 1 amide bonds. The fourth-order valence-corrected chi connectivity index (χ4v) is 2.21. The quantitative estimate of drug-likeness (QED) is 0.766. The number of carbonyl (C=O) groups is 1. The molecule has 2 rings (SSSR count). The molecular weight excluding hydrogens is 264 g/mol. The number of aliphatic hydroxyl groups is 1. The van der Waals surface area contributed by atoms with Crippen LogP contribution in [0.2, 0.25) is 0 Å². The summed E-state index contributed by atoms with van der Waals surface area (Å²) in [6.07, 6.45) is 2.00. The zero-order chi connectivity index (χ0) is 12.8. The first-order valence-electron chi connectivity index (χ1n) is 6.51. The van der Waals surface area contributed by atoms with Gasteiger partial charge in [0.1, 0.15) is 0 Å². The summed E-state index contributed by atoms with van der Waals surface area (Å²) in [5.41, 5.74) is 0.894. The number of hydrogen-bond acceptors (Lipinski definition) is 3. The zero-order valence-electron chi connectivity index (χ0n) is 10.8. The molecule has 0 aliphatic carbocycles. The largest absolute Gasteiger partial charge is 0.388 e. The highest BCUT2D eigenvalue weighted by Gasteiger charge is 2.21. The smallest absolute Gasteiger partial charge is 0.237 e. The summed E-state index contributed by atoms with van der Waals surface area (Å²) in [5, 5.41) is 15.9. The van der Waals surface area contributed by atoms with Gasteiger partial charge in [-0.25, -0.2) is 0 Å². The molecule has 0 aromatic heterocycles. The van der Waals surface area contributed by atoms with Crippen LogP contribution in [0.15, 0.2) is 30.3 Å². The summed E-state index contributed by atoms with van der Waals surface area (Å²) in [6.45, 7) is 1.43. The van der Waals surface area contributed by atoms with E-state index in [2.05, 4.69) is 10.6 Å². The topological polar surface area (TPSA) is 61.4 Å². The van der Waals surface area contributed by atoms with Crippen LogP contribution < -0.4 is 10.6 Å². The Morgan fingerprint density at radius 1 is 1.42 bits per heavy atom. The number of hydrogen-bond donors (Lipinski definition) is 3. The first kappa shape index (κ1) is 16.0. The van der Waals surface area contributed by atoms with Crippen molar-refractivity contribution >= 4 is 18.3 Å². The number of benzene rings is 1. The van der Waals surface area contributed by atoms with E-state index < -0.39 is 6.10 Å². The second-order valence-corrected chi connectivity index (χ2v) is 4.66. The molecule has 1 aromatic rings. The highest BCUT2D eigenvalue weighted by molar-refractivity contribution is 5.85. The standard InChI is InChI=1S/C14H20N2O2.ClH/c17-13(11-5-2-1-3-6-11)8-10-16-14(18)12-7-4-9-15-12;/h1-3,5-6,12-13,15,17H,4,7-10H2,(H,16,18);1H. The minimum absolute atomic E-state index is 0. The van der Waals surface area contributed by atoms with Crippen LogP contribution in [-0.2, 0) is 4.79 Å². The summed E-state index contributed by atoms with van der Waals surface area (Å²) in [6, 6.07) is 9.47. The Bertz CT molecular complexity index is 380. The SMILES string of the molecule is Cl.O=C(NCCC(O)c1ccccc1)C1CCCN1. The first-order valence-corrected chi connectivity index (χ1v) is 6.51. The van der Waals surface area contributed by atoms with E-state index >= 15 is 0 Å². The van der Waals surface area contributed by atoms with Crippen molar-refractivity contribution in [2.24, 2.45) is 0 Å². The van der Waals surface area contributed by atoms with Crippen molar-refractivity contribution in [1.29, 1.82) is 0 Å². The monoisotopic (exact) mass is 284 g/mol. The summed E-state index contributed by atoms with van der Waals surface area (Å²) < 4.78 is 0. The van der Waals surface area contributed by atoms with E-state index in [4.69, 9.17) is 0 Å². The lowest BCUT2D eigenvalue weighted by molar-refractivity contribution is -0.122. The molecule has 1 aliphatic rings. The van der Waals surface area contributed by atoms with Gasteiger partial charge in [-0.2, -0.15) is 0 Å². The number of carbonyl (C=O) groups excluding carboxylic acids is 1. The molecule has 3 N–H and O–H groups in total. The zero-order valence-corrected chi connectivity index (χ0v) is 11.7. The molecule has 2 atom stereocenters. The number of nitrogens with one attached hydrogen (secondary N) is 2. The van der Waals surface area contributed by atoms with Crippen LogP contribution in [0, 0.1) is 0 Å². The van der Waals surface area contributed by atoms with Gasteiger partial charge in [0.25, 0.3) is 0 Å². The van der Waals surface area contributed by atoms with Crippen molar-refractivity contribution in [1.82, 2.24) is 10.6 Å². The highest BCUT2D eigenvalue weighted by Crippen LogP contribution is 2.15. The molecule has 4 nitrogen and oxygen atoms in total. The Balaban J connectivity index is 0.00000180. The number of amides is 1. The third kappa shape index (κ3) is 4.82. The van der Waals surface area contributed by atoms with E-state index in [1.165, 1.54) is 0 Å². The molecule has 19 heavy (non-hydrogen) atoms. The van der Waals surface area contributed by atoms with Crippen LogP contribution in [0.1, 0.15) is 30.9 Å². The lowest BCUT2D eigenvalue weighted by Gasteiger charge is -2.14. The molecule has 0 bridgehead atoms. The summed E-state index contributed by atoms with van der Waals surface area (Å²) >= 11 is 0. The first-order chi connectivity index (χ1) is 8.77. The average Bonchev–Trinajstić information content (AvgIpc) is 2.93. The molecule has 2 unspecified atom stereocenters. The van der Waals surface area contributed by atoms with Gasteiger partial charge in [-0.1, -0.05) is 30.3 Å². The molecule has 1 heterocycles. The molecule has 0 spiro atoms. The van der Waals surface area contributed by atoms with E-state index in [9.17, 15) is 9.90 Å². The molecule has 1 aliphatic heterocycles. The Morgan fingerprint density at radius 2 is 2.16 bits per heavy atom. The highest BCUT2D eigenvalue weighted by atomic mass is 35.5. The van der Waals surface area contributed by atoms with Crippen molar-refractivity contribution in [3.05, 3.63) is 35.9 Å². The van der Waals surface area contributed by atoms with Gasteiger partial charge < -0.3 is 15.7 Å². The maximum atomic E-state index is 11.7. The van der Waals surface area contributed by atoms with Crippen LogP contribution in [0.4, 0.5) is 0 Å². The summed E-state index contributed by atoms with van der Waals surface area (Å²) in [5.74, 6) is 0.0489. The molecule has 1 fully saturated rings. The van der Waals surface area contributed by atoms with E-state index in [0.29, 0.717) is 13.0 Å². The normalized spacial score (nSPS) is 19.5. The second-order valence-electron chi connectivity index (χ2n) is 4.66. The molecule has 106 valence electrons. The predicted octanol–water partition coefficient (Wildman–Crippen LogP) is 1.40. The Morgan fingerprint density at radius 3 is 2.79 bits per heavy atom. The number of aliphatic hydroxyl groups excluding tert-OH is 1. The van der Waals surface area contributed by atoms with Crippen molar-refractivity contribution in [3.63, 3.8) is 0 Å².